The molecule has 0 heterocycles. The monoisotopic (exact) mass is 348 g/mol. The molecular weight excluding hydrogens is 339 g/mol. The number of anilines is 1. The van der Waals surface area contributed by atoms with Crippen LogP contribution in [0, 0.1) is 11.3 Å². The largest absolute Gasteiger partial charge is 0.452 e. The highest BCUT2D eigenvalue weighted by molar-refractivity contribution is 6.35. The van der Waals surface area contributed by atoms with Crippen LogP contribution in [0.4, 0.5) is 5.69 Å². The van der Waals surface area contributed by atoms with E-state index in [1.165, 1.54) is 18.2 Å². The molecule has 0 aromatic heterocycles. The van der Waals surface area contributed by atoms with Crippen LogP contribution in [-0.4, -0.2) is 18.5 Å². The molecule has 0 unspecified atom stereocenters. The van der Waals surface area contributed by atoms with Gasteiger partial charge in [-0.2, -0.15) is 5.26 Å². The Kier molecular flexibility index (Phi) is 5.58. The molecule has 0 aliphatic rings. The summed E-state index contributed by atoms with van der Waals surface area (Å²) in [7, 11) is 0. The number of nitrogens with zero attached hydrogens (tertiary/aromatic N) is 1. The average molecular weight is 349 g/mol. The fraction of sp³-hybridized carbons (Fsp3) is 0.0625. The second-order valence-electron chi connectivity index (χ2n) is 4.41. The molecule has 0 aliphatic heterocycles. The highest BCUT2D eigenvalue weighted by Crippen LogP contribution is 2.21. The van der Waals surface area contributed by atoms with Crippen molar-refractivity contribution in [3.05, 3.63) is 63.6 Å². The van der Waals surface area contributed by atoms with E-state index in [1.54, 1.807) is 24.3 Å². The first-order valence-corrected chi connectivity index (χ1v) is 7.18. The standard InChI is InChI=1S/C16H10Cl2N2O3/c17-11-5-6-13(18)12(7-11)16(22)23-9-15(21)20-14-4-2-1-3-10(14)8-19/h1-7H,9H2,(H,20,21). The second kappa shape index (κ2) is 7.63. The van der Waals surface area contributed by atoms with Gasteiger partial charge < -0.3 is 10.1 Å². The van der Waals surface area contributed by atoms with Crippen molar-refractivity contribution in [2.24, 2.45) is 0 Å². The number of benzene rings is 2. The van der Waals surface area contributed by atoms with Gasteiger partial charge in [-0.05, 0) is 30.3 Å². The van der Waals surface area contributed by atoms with Gasteiger partial charge in [-0.15, -0.1) is 0 Å². The van der Waals surface area contributed by atoms with E-state index in [9.17, 15) is 9.59 Å². The zero-order chi connectivity index (χ0) is 16.8. The van der Waals surface area contributed by atoms with Crippen molar-refractivity contribution in [2.45, 2.75) is 0 Å². The number of esters is 1. The minimum absolute atomic E-state index is 0.0735. The van der Waals surface area contributed by atoms with Crippen LogP contribution in [0.3, 0.4) is 0 Å². The first-order chi connectivity index (χ1) is 11.0. The first-order valence-electron chi connectivity index (χ1n) is 6.42. The summed E-state index contributed by atoms with van der Waals surface area (Å²) in [6.45, 7) is -0.512. The van der Waals surface area contributed by atoms with Crippen molar-refractivity contribution < 1.29 is 14.3 Å². The van der Waals surface area contributed by atoms with E-state index >= 15 is 0 Å². The normalized spacial score (nSPS) is 9.78. The number of nitrogens with one attached hydrogen (secondary N) is 1. The van der Waals surface area contributed by atoms with Crippen LogP contribution in [-0.2, 0) is 9.53 Å². The number of nitriles is 1. The summed E-state index contributed by atoms with van der Waals surface area (Å²) in [5, 5.41) is 11.9. The molecule has 2 aromatic carbocycles. The Morgan fingerprint density at radius 3 is 2.65 bits per heavy atom. The summed E-state index contributed by atoms with van der Waals surface area (Å²) in [5.74, 6) is -1.33. The van der Waals surface area contributed by atoms with E-state index in [4.69, 9.17) is 33.2 Å². The van der Waals surface area contributed by atoms with E-state index in [0.717, 1.165) is 0 Å². The molecular formula is C16H10Cl2N2O3. The Balaban J connectivity index is 1.98. The molecule has 1 amide bonds. The fourth-order valence-electron chi connectivity index (χ4n) is 1.74. The molecule has 2 aromatic rings. The zero-order valence-corrected chi connectivity index (χ0v) is 13.2. The van der Waals surface area contributed by atoms with E-state index < -0.39 is 18.5 Å². The van der Waals surface area contributed by atoms with Gasteiger partial charge in [-0.1, -0.05) is 35.3 Å². The molecule has 0 saturated heterocycles. The van der Waals surface area contributed by atoms with Crippen molar-refractivity contribution in [3.63, 3.8) is 0 Å². The topological polar surface area (TPSA) is 79.2 Å². The lowest BCUT2D eigenvalue weighted by molar-refractivity contribution is -0.119. The maximum Gasteiger partial charge on any atom is 0.340 e. The Morgan fingerprint density at radius 1 is 1.17 bits per heavy atom. The van der Waals surface area contributed by atoms with Gasteiger partial charge in [0.15, 0.2) is 6.61 Å². The molecule has 116 valence electrons. The molecule has 5 nitrogen and oxygen atoms in total. The number of ether oxygens (including phenoxy) is 1. The molecule has 1 N–H and O–H groups in total. The lowest BCUT2D eigenvalue weighted by Crippen LogP contribution is -2.21. The predicted octanol–water partition coefficient (Wildman–Crippen LogP) is 3.66. The Bertz CT molecular complexity index is 800. The third kappa shape index (κ3) is 4.46. The number of carbonyl (C=O) groups is 2. The van der Waals surface area contributed by atoms with Crippen molar-refractivity contribution in [1.82, 2.24) is 0 Å². The molecule has 23 heavy (non-hydrogen) atoms. The molecule has 0 spiro atoms. The maximum atomic E-state index is 11.9. The third-order valence-electron chi connectivity index (χ3n) is 2.80. The van der Waals surface area contributed by atoms with Gasteiger partial charge in [0.1, 0.15) is 6.07 Å². The van der Waals surface area contributed by atoms with Crippen LogP contribution in [0.2, 0.25) is 10.0 Å². The van der Waals surface area contributed by atoms with Crippen molar-refractivity contribution in [1.29, 1.82) is 5.26 Å². The minimum Gasteiger partial charge on any atom is -0.452 e. The first kappa shape index (κ1) is 16.8. The number of para-hydroxylation sites is 1. The van der Waals surface area contributed by atoms with E-state index in [-0.39, 0.29) is 10.6 Å². The lowest BCUT2D eigenvalue weighted by atomic mass is 10.2. The van der Waals surface area contributed by atoms with Crippen LogP contribution in [0.15, 0.2) is 42.5 Å². The smallest absolute Gasteiger partial charge is 0.340 e. The Labute approximate surface area is 142 Å². The number of rotatable bonds is 4. The summed E-state index contributed by atoms with van der Waals surface area (Å²) in [5.41, 5.74) is 0.728. The van der Waals surface area contributed by atoms with Gasteiger partial charge in [0.25, 0.3) is 5.91 Å². The van der Waals surface area contributed by atoms with Gasteiger partial charge in [0, 0.05) is 5.02 Å². The van der Waals surface area contributed by atoms with E-state index in [2.05, 4.69) is 5.32 Å². The molecule has 0 atom stereocenters. The highest BCUT2D eigenvalue weighted by Gasteiger charge is 2.15. The number of hydrogen-bond acceptors (Lipinski definition) is 4. The van der Waals surface area contributed by atoms with Crippen molar-refractivity contribution in [3.8, 4) is 6.07 Å². The quantitative estimate of drug-likeness (QED) is 0.855. The van der Waals surface area contributed by atoms with E-state index in [0.29, 0.717) is 16.3 Å². The van der Waals surface area contributed by atoms with Crippen LogP contribution in [0.1, 0.15) is 15.9 Å². The van der Waals surface area contributed by atoms with Gasteiger partial charge in [-0.25, -0.2) is 4.79 Å². The zero-order valence-electron chi connectivity index (χ0n) is 11.7. The Morgan fingerprint density at radius 2 is 1.91 bits per heavy atom. The van der Waals surface area contributed by atoms with Crippen LogP contribution < -0.4 is 5.32 Å². The number of hydrogen-bond donors (Lipinski definition) is 1. The average Bonchev–Trinajstić information content (AvgIpc) is 2.55. The van der Waals surface area contributed by atoms with Crippen LogP contribution in [0.5, 0.6) is 0 Å². The lowest BCUT2D eigenvalue weighted by Gasteiger charge is -2.08. The summed E-state index contributed by atoms with van der Waals surface area (Å²) in [6, 6.07) is 12.8. The molecule has 0 radical (unpaired) electrons. The van der Waals surface area contributed by atoms with Crippen molar-refractivity contribution >= 4 is 40.8 Å². The van der Waals surface area contributed by atoms with Gasteiger partial charge >= 0.3 is 5.97 Å². The Hall–Kier alpha value is -2.55. The van der Waals surface area contributed by atoms with Gasteiger partial charge in [-0.3, -0.25) is 4.79 Å². The minimum atomic E-state index is -0.763. The van der Waals surface area contributed by atoms with E-state index in [1.807, 2.05) is 6.07 Å². The van der Waals surface area contributed by atoms with Crippen LogP contribution >= 0.6 is 23.2 Å². The summed E-state index contributed by atoms with van der Waals surface area (Å²) in [4.78, 5) is 23.7. The number of halogens is 2. The van der Waals surface area contributed by atoms with Gasteiger partial charge in [0.2, 0.25) is 0 Å². The molecule has 7 heteroatoms. The molecule has 2 rings (SSSR count). The third-order valence-corrected chi connectivity index (χ3v) is 3.37. The number of carbonyl (C=O) groups excluding carboxylic acids is 2. The molecule has 0 fully saturated rings. The predicted molar refractivity (Wildman–Crippen MR) is 86.5 cm³/mol. The number of amides is 1. The van der Waals surface area contributed by atoms with Crippen molar-refractivity contribution in [2.75, 3.05) is 11.9 Å². The second-order valence-corrected chi connectivity index (χ2v) is 5.25. The highest BCUT2D eigenvalue weighted by atomic mass is 35.5. The maximum absolute atomic E-state index is 11.9. The fourth-order valence-corrected chi connectivity index (χ4v) is 2.11. The van der Waals surface area contributed by atoms with Gasteiger partial charge in [0.05, 0.1) is 21.8 Å². The molecule has 0 saturated carbocycles. The molecule has 0 bridgehead atoms. The molecule has 0 aliphatic carbocycles. The van der Waals surface area contributed by atoms with Crippen LogP contribution in [0.25, 0.3) is 0 Å². The SMILES string of the molecule is N#Cc1ccccc1NC(=O)COC(=O)c1cc(Cl)ccc1Cl. The summed E-state index contributed by atoms with van der Waals surface area (Å²) in [6.07, 6.45) is 0. The summed E-state index contributed by atoms with van der Waals surface area (Å²) >= 11 is 11.7. The summed E-state index contributed by atoms with van der Waals surface area (Å²) < 4.78 is 4.89.